The Morgan fingerprint density at radius 1 is 1.12 bits per heavy atom. The zero-order valence-corrected chi connectivity index (χ0v) is 14.9. The molecule has 122 valence electrons. The van der Waals surface area contributed by atoms with E-state index in [9.17, 15) is 4.79 Å². The Labute approximate surface area is 148 Å². The highest BCUT2D eigenvalue weighted by Crippen LogP contribution is 2.27. The van der Waals surface area contributed by atoms with Gasteiger partial charge in [-0.3, -0.25) is 0 Å². The Hall–Kier alpha value is -2.40. The van der Waals surface area contributed by atoms with Crippen LogP contribution in [-0.2, 0) is 9.53 Å². The Morgan fingerprint density at radius 3 is 2.58 bits per heavy atom. The third-order valence-corrected chi connectivity index (χ3v) is 3.99. The number of nitrogens with zero attached hydrogens (tertiary/aromatic N) is 1. The minimum atomic E-state index is -0.472. The summed E-state index contributed by atoms with van der Waals surface area (Å²) in [7, 11) is 0. The number of esters is 1. The monoisotopic (exact) mass is 385 g/mol. The molecule has 0 amide bonds. The highest BCUT2D eigenvalue weighted by atomic mass is 79.9. The van der Waals surface area contributed by atoms with Crippen LogP contribution < -0.4 is 4.74 Å². The molecule has 0 saturated carbocycles. The van der Waals surface area contributed by atoms with Crippen LogP contribution in [-0.4, -0.2) is 18.0 Å². The minimum absolute atomic E-state index is 0.0411. The number of para-hydroxylation sites is 1. The van der Waals surface area contributed by atoms with Crippen molar-refractivity contribution in [2.24, 2.45) is 4.99 Å². The Kier molecular flexibility index (Phi) is 4.81. The topological polar surface area (TPSA) is 47.9 Å². The Bertz CT molecular complexity index is 840. The molecule has 0 atom stereocenters. The summed E-state index contributed by atoms with van der Waals surface area (Å²) in [5.41, 5.74) is 1.77. The van der Waals surface area contributed by atoms with Crippen molar-refractivity contribution < 1.29 is 14.3 Å². The van der Waals surface area contributed by atoms with E-state index in [0.717, 1.165) is 15.6 Å². The van der Waals surface area contributed by atoms with Gasteiger partial charge in [-0.25, -0.2) is 9.79 Å². The molecule has 0 radical (unpaired) electrons. The molecule has 24 heavy (non-hydrogen) atoms. The molecule has 0 fully saturated rings. The first-order chi connectivity index (χ1) is 11.5. The number of rotatable bonds is 4. The summed E-state index contributed by atoms with van der Waals surface area (Å²) >= 11 is 3.44. The maximum absolute atomic E-state index is 12.1. The van der Waals surface area contributed by atoms with Gasteiger partial charge in [0, 0.05) is 10.0 Å². The molecule has 2 aromatic rings. The van der Waals surface area contributed by atoms with Gasteiger partial charge in [0.05, 0.1) is 11.7 Å². The van der Waals surface area contributed by atoms with Crippen LogP contribution in [0.3, 0.4) is 0 Å². The molecule has 0 aliphatic carbocycles. The SMILES string of the molecule is CC(C)Oc1ccccc1/C=C1\N=C(c2ccccc2Br)OC1=O. The zero-order valence-electron chi connectivity index (χ0n) is 13.3. The summed E-state index contributed by atoms with van der Waals surface area (Å²) in [4.78, 5) is 16.5. The first-order valence-electron chi connectivity index (χ1n) is 7.58. The molecule has 0 spiro atoms. The van der Waals surface area contributed by atoms with Gasteiger partial charge < -0.3 is 9.47 Å². The molecule has 0 aromatic heterocycles. The van der Waals surface area contributed by atoms with Gasteiger partial charge in [0.15, 0.2) is 5.70 Å². The summed E-state index contributed by atoms with van der Waals surface area (Å²) in [6, 6.07) is 15.0. The fourth-order valence-electron chi connectivity index (χ4n) is 2.27. The maximum atomic E-state index is 12.1. The van der Waals surface area contributed by atoms with E-state index in [0.29, 0.717) is 11.6 Å². The van der Waals surface area contributed by atoms with Crippen molar-refractivity contribution in [2.45, 2.75) is 20.0 Å². The van der Waals surface area contributed by atoms with Gasteiger partial charge in [-0.1, -0.05) is 30.3 Å². The lowest BCUT2D eigenvalue weighted by atomic mass is 10.1. The van der Waals surface area contributed by atoms with Gasteiger partial charge >= 0.3 is 5.97 Å². The summed E-state index contributed by atoms with van der Waals surface area (Å²) in [6.07, 6.45) is 1.73. The maximum Gasteiger partial charge on any atom is 0.363 e. The minimum Gasteiger partial charge on any atom is -0.490 e. The van der Waals surface area contributed by atoms with E-state index >= 15 is 0 Å². The van der Waals surface area contributed by atoms with Crippen LogP contribution in [0.5, 0.6) is 5.75 Å². The van der Waals surface area contributed by atoms with Crippen molar-refractivity contribution >= 4 is 33.9 Å². The van der Waals surface area contributed by atoms with E-state index in [1.807, 2.05) is 62.4 Å². The highest BCUT2D eigenvalue weighted by molar-refractivity contribution is 9.10. The van der Waals surface area contributed by atoms with Crippen molar-refractivity contribution in [3.8, 4) is 5.75 Å². The second kappa shape index (κ2) is 7.01. The van der Waals surface area contributed by atoms with Gasteiger partial charge in [-0.2, -0.15) is 0 Å². The van der Waals surface area contributed by atoms with Crippen LogP contribution in [0.15, 0.2) is 63.7 Å². The van der Waals surface area contributed by atoms with Crippen LogP contribution >= 0.6 is 15.9 Å². The molecule has 0 N–H and O–H groups in total. The third kappa shape index (κ3) is 3.57. The van der Waals surface area contributed by atoms with Crippen molar-refractivity contribution in [3.63, 3.8) is 0 Å². The molecular formula is C19H16BrNO3. The number of hydrogen-bond acceptors (Lipinski definition) is 4. The predicted molar refractivity (Wildman–Crippen MR) is 97.0 cm³/mol. The lowest BCUT2D eigenvalue weighted by molar-refractivity contribution is -0.129. The fraction of sp³-hybridized carbons (Fsp3) is 0.158. The molecule has 1 heterocycles. The number of carbonyl (C=O) groups is 1. The van der Waals surface area contributed by atoms with Crippen molar-refractivity contribution in [2.75, 3.05) is 0 Å². The lowest BCUT2D eigenvalue weighted by Gasteiger charge is -2.12. The van der Waals surface area contributed by atoms with Gasteiger partial charge in [0.1, 0.15) is 5.75 Å². The van der Waals surface area contributed by atoms with Gasteiger partial charge in [0.25, 0.3) is 0 Å². The average Bonchev–Trinajstić information content (AvgIpc) is 2.90. The smallest absolute Gasteiger partial charge is 0.363 e. The predicted octanol–water partition coefficient (Wildman–Crippen LogP) is 4.58. The number of cyclic esters (lactones) is 1. The number of carbonyl (C=O) groups excluding carboxylic acids is 1. The van der Waals surface area contributed by atoms with Gasteiger partial charge in [-0.05, 0) is 54.1 Å². The van der Waals surface area contributed by atoms with E-state index in [-0.39, 0.29) is 11.8 Å². The molecule has 0 saturated heterocycles. The summed E-state index contributed by atoms with van der Waals surface area (Å²) in [5.74, 6) is 0.526. The zero-order chi connectivity index (χ0) is 17.1. The summed E-state index contributed by atoms with van der Waals surface area (Å²) in [6.45, 7) is 3.91. The molecule has 4 nitrogen and oxygen atoms in total. The first kappa shape index (κ1) is 16.5. The molecule has 2 aromatic carbocycles. The van der Waals surface area contributed by atoms with E-state index in [4.69, 9.17) is 9.47 Å². The molecule has 1 aliphatic rings. The van der Waals surface area contributed by atoms with E-state index < -0.39 is 5.97 Å². The normalized spacial score (nSPS) is 15.6. The van der Waals surface area contributed by atoms with Crippen LogP contribution in [0.4, 0.5) is 0 Å². The molecule has 0 unspecified atom stereocenters. The van der Waals surface area contributed by atoms with Crippen LogP contribution in [0.25, 0.3) is 6.08 Å². The lowest BCUT2D eigenvalue weighted by Crippen LogP contribution is -2.07. The second-order valence-corrected chi connectivity index (χ2v) is 6.37. The molecule has 0 bridgehead atoms. The van der Waals surface area contributed by atoms with E-state index in [1.54, 1.807) is 6.08 Å². The van der Waals surface area contributed by atoms with Gasteiger partial charge in [0.2, 0.25) is 5.90 Å². The van der Waals surface area contributed by atoms with Gasteiger partial charge in [-0.15, -0.1) is 0 Å². The fourth-order valence-corrected chi connectivity index (χ4v) is 2.72. The summed E-state index contributed by atoms with van der Waals surface area (Å²) in [5, 5.41) is 0. The van der Waals surface area contributed by atoms with Crippen molar-refractivity contribution in [3.05, 3.63) is 69.8 Å². The number of hydrogen-bond donors (Lipinski definition) is 0. The molecular weight excluding hydrogens is 370 g/mol. The van der Waals surface area contributed by atoms with Crippen LogP contribution in [0, 0.1) is 0 Å². The summed E-state index contributed by atoms with van der Waals surface area (Å²) < 4.78 is 11.9. The van der Waals surface area contributed by atoms with Crippen LogP contribution in [0.2, 0.25) is 0 Å². The van der Waals surface area contributed by atoms with E-state index in [2.05, 4.69) is 20.9 Å². The van der Waals surface area contributed by atoms with Crippen molar-refractivity contribution in [1.82, 2.24) is 0 Å². The van der Waals surface area contributed by atoms with E-state index in [1.165, 1.54) is 0 Å². The largest absolute Gasteiger partial charge is 0.490 e. The first-order valence-corrected chi connectivity index (χ1v) is 8.37. The molecule has 3 rings (SSSR count). The average molecular weight is 386 g/mol. The third-order valence-electron chi connectivity index (χ3n) is 3.30. The Morgan fingerprint density at radius 2 is 1.83 bits per heavy atom. The van der Waals surface area contributed by atoms with Crippen molar-refractivity contribution in [1.29, 1.82) is 0 Å². The number of aliphatic imine (C=N–C) groups is 1. The second-order valence-electron chi connectivity index (χ2n) is 5.52. The van der Waals surface area contributed by atoms with Crippen LogP contribution in [0.1, 0.15) is 25.0 Å². The molecule has 5 heteroatoms. The quantitative estimate of drug-likeness (QED) is 0.571. The number of benzene rings is 2. The standard InChI is InChI=1S/C19H16BrNO3/c1-12(2)23-17-10-6-3-7-13(17)11-16-19(22)24-18(21-16)14-8-4-5-9-15(14)20/h3-12H,1-2H3/b16-11-. The highest BCUT2D eigenvalue weighted by Gasteiger charge is 2.25. The number of halogens is 1. The number of ether oxygens (including phenoxy) is 2. The molecule has 1 aliphatic heterocycles. The Balaban J connectivity index is 1.97.